The summed E-state index contributed by atoms with van der Waals surface area (Å²) in [6.45, 7) is 11.2. The maximum atomic E-state index is 3.75. The molecule has 0 atom stereocenters. The van der Waals surface area contributed by atoms with Crippen LogP contribution in [-0.4, -0.2) is 24.5 Å². The predicted octanol–water partition coefficient (Wildman–Crippen LogP) is -1.83. The van der Waals surface area contributed by atoms with Crippen molar-refractivity contribution in [2.75, 3.05) is 19.6 Å². The first kappa shape index (κ1) is 12.3. The maximum absolute atomic E-state index is 3.75. The van der Waals surface area contributed by atoms with E-state index in [4.69, 9.17) is 0 Å². The molecule has 0 aliphatic rings. The summed E-state index contributed by atoms with van der Waals surface area (Å²) in [6.07, 6.45) is 0. The molecule has 0 aromatic heterocycles. The predicted molar refractivity (Wildman–Crippen MR) is 33.1 cm³/mol. The van der Waals surface area contributed by atoms with Crippen LogP contribution in [0.2, 0.25) is 0 Å². The van der Waals surface area contributed by atoms with E-state index in [1.165, 1.54) is 0 Å². The zero-order valence-corrected chi connectivity index (χ0v) is 9.40. The van der Waals surface area contributed by atoms with E-state index in [1.54, 1.807) is 0 Å². The van der Waals surface area contributed by atoms with E-state index in [2.05, 4.69) is 25.7 Å². The van der Waals surface area contributed by atoms with Crippen LogP contribution in [0, 0.1) is 6.92 Å². The van der Waals surface area contributed by atoms with Crippen molar-refractivity contribution in [2.45, 2.75) is 13.8 Å². The minimum atomic E-state index is 0. The van der Waals surface area contributed by atoms with Gasteiger partial charge in [-0.05, 0) is 13.1 Å². The van der Waals surface area contributed by atoms with Gasteiger partial charge in [-0.3, -0.25) is 0 Å². The van der Waals surface area contributed by atoms with Gasteiger partial charge < -0.3 is 11.8 Å². The number of hydrogen-bond acceptors (Lipinski definition) is 1. The Hall–Kier alpha value is 1.60. The molecule has 0 N–H and O–H groups in total. The van der Waals surface area contributed by atoms with Gasteiger partial charge in [-0.15, -0.1) is 6.54 Å². The van der Waals surface area contributed by atoms with Crippen molar-refractivity contribution in [1.82, 2.24) is 4.90 Å². The fraction of sp³-hybridized carbons (Fsp3) is 0.833. The summed E-state index contributed by atoms with van der Waals surface area (Å²) in [5, 5.41) is 0. The van der Waals surface area contributed by atoms with Crippen molar-refractivity contribution in [3.63, 3.8) is 0 Å². The van der Waals surface area contributed by atoms with E-state index >= 15 is 0 Å². The minimum absolute atomic E-state index is 0. The van der Waals surface area contributed by atoms with Gasteiger partial charge in [-0.2, -0.15) is 0 Å². The van der Waals surface area contributed by atoms with Gasteiger partial charge in [-0.25, -0.2) is 0 Å². The van der Waals surface area contributed by atoms with Crippen LogP contribution in [0.25, 0.3) is 0 Å². The second-order valence-corrected chi connectivity index (χ2v) is 1.53. The molecule has 0 aliphatic heterocycles. The van der Waals surface area contributed by atoms with Crippen LogP contribution in [-0.2, 0) is 0 Å². The summed E-state index contributed by atoms with van der Waals surface area (Å²) < 4.78 is 0. The molecule has 8 heavy (non-hydrogen) atoms. The third kappa shape index (κ3) is 5.73. The molecule has 0 saturated heterocycles. The van der Waals surface area contributed by atoms with E-state index in [0.717, 1.165) is 19.6 Å². The molecular weight excluding hydrogens is 125 g/mol. The second-order valence-electron chi connectivity index (χ2n) is 1.53. The molecule has 0 aromatic carbocycles. The number of rotatable bonds is 3. The van der Waals surface area contributed by atoms with Crippen LogP contribution in [0.1, 0.15) is 13.8 Å². The quantitative estimate of drug-likeness (QED) is 0.328. The van der Waals surface area contributed by atoms with Gasteiger partial charge in [0.2, 0.25) is 0 Å². The fourth-order valence-electron chi connectivity index (χ4n) is 0.540. The van der Waals surface area contributed by atoms with Crippen LogP contribution < -0.4 is 51.4 Å². The van der Waals surface area contributed by atoms with E-state index in [9.17, 15) is 0 Å². The first-order valence-electron chi connectivity index (χ1n) is 2.86. The molecule has 1 nitrogen and oxygen atoms in total. The molecule has 0 bridgehead atoms. The summed E-state index contributed by atoms with van der Waals surface area (Å²) in [5.74, 6) is 0. The molecule has 0 fully saturated rings. The molecule has 0 aromatic rings. The molecule has 0 aliphatic carbocycles. The Morgan fingerprint density at radius 1 is 1.25 bits per heavy atom. The van der Waals surface area contributed by atoms with Gasteiger partial charge in [0.05, 0.1) is 0 Å². The average Bonchev–Trinajstić information content (AvgIpc) is 1.72. The van der Waals surface area contributed by atoms with Crippen molar-refractivity contribution in [1.29, 1.82) is 0 Å². The standard InChI is InChI=1S/C6H14N.K/c1-4-7(5-2)6-3;/h1,4-6H2,2-3H3;/q-1;+1. The van der Waals surface area contributed by atoms with Crippen LogP contribution in [0.15, 0.2) is 0 Å². The minimum Gasteiger partial charge on any atom is -0.333 e. The third-order valence-corrected chi connectivity index (χ3v) is 1.21. The zero-order valence-electron chi connectivity index (χ0n) is 6.28. The average molecular weight is 139 g/mol. The van der Waals surface area contributed by atoms with Crippen molar-refractivity contribution in [3.8, 4) is 0 Å². The summed E-state index contributed by atoms with van der Waals surface area (Å²) in [5.41, 5.74) is 0. The molecule has 0 unspecified atom stereocenters. The molecule has 2 heteroatoms. The summed E-state index contributed by atoms with van der Waals surface area (Å²) in [7, 11) is 0. The smallest absolute Gasteiger partial charge is 0.333 e. The Labute approximate surface area is 95.2 Å². The first-order chi connectivity index (χ1) is 3.35. The van der Waals surface area contributed by atoms with Crippen molar-refractivity contribution in [3.05, 3.63) is 6.92 Å². The van der Waals surface area contributed by atoms with Gasteiger partial charge in [0.25, 0.3) is 0 Å². The van der Waals surface area contributed by atoms with Crippen LogP contribution in [0.3, 0.4) is 0 Å². The Balaban J connectivity index is 0. The molecule has 0 amide bonds. The van der Waals surface area contributed by atoms with E-state index in [0.29, 0.717) is 0 Å². The normalized spacial score (nSPS) is 9.00. The van der Waals surface area contributed by atoms with E-state index in [-0.39, 0.29) is 51.4 Å². The van der Waals surface area contributed by atoms with Gasteiger partial charge in [0, 0.05) is 0 Å². The molecule has 0 saturated carbocycles. The third-order valence-electron chi connectivity index (χ3n) is 1.21. The maximum Gasteiger partial charge on any atom is 1.00 e. The van der Waals surface area contributed by atoms with Gasteiger partial charge in [-0.1, -0.05) is 13.8 Å². The molecular formula is C6H14KN. The Morgan fingerprint density at radius 2 is 1.62 bits per heavy atom. The van der Waals surface area contributed by atoms with E-state index in [1.807, 2.05) is 0 Å². The van der Waals surface area contributed by atoms with Crippen LogP contribution >= 0.6 is 0 Å². The van der Waals surface area contributed by atoms with Crippen molar-refractivity contribution < 1.29 is 51.4 Å². The molecule has 0 spiro atoms. The number of nitrogens with zero attached hydrogens (tertiary/aromatic N) is 1. The molecule has 0 rings (SSSR count). The van der Waals surface area contributed by atoms with Crippen LogP contribution in [0.5, 0.6) is 0 Å². The van der Waals surface area contributed by atoms with Gasteiger partial charge >= 0.3 is 51.4 Å². The second kappa shape index (κ2) is 8.60. The first-order valence-corrected chi connectivity index (χ1v) is 2.86. The van der Waals surface area contributed by atoms with Gasteiger partial charge in [0.15, 0.2) is 0 Å². The topological polar surface area (TPSA) is 3.24 Å². The SMILES string of the molecule is [CH2-]CN(CC)CC.[K+]. The molecule has 0 radical (unpaired) electrons. The zero-order chi connectivity index (χ0) is 5.70. The van der Waals surface area contributed by atoms with Crippen LogP contribution in [0.4, 0.5) is 0 Å². The Morgan fingerprint density at radius 3 is 1.62 bits per heavy atom. The molecule has 44 valence electrons. The Bertz CT molecular complexity index is 30.0. The van der Waals surface area contributed by atoms with Gasteiger partial charge in [0.1, 0.15) is 0 Å². The summed E-state index contributed by atoms with van der Waals surface area (Å²) >= 11 is 0. The van der Waals surface area contributed by atoms with E-state index < -0.39 is 0 Å². The monoisotopic (exact) mass is 139 g/mol. The molecule has 0 heterocycles. The van der Waals surface area contributed by atoms with Crippen molar-refractivity contribution >= 4 is 0 Å². The Kier molecular flexibility index (Phi) is 13.2. The summed E-state index contributed by atoms with van der Waals surface area (Å²) in [6, 6.07) is 0. The largest absolute Gasteiger partial charge is 1.00 e. The van der Waals surface area contributed by atoms with Crippen molar-refractivity contribution in [2.24, 2.45) is 0 Å². The fourth-order valence-corrected chi connectivity index (χ4v) is 0.540. The summed E-state index contributed by atoms with van der Waals surface area (Å²) in [4.78, 5) is 2.26. The number of hydrogen-bond donors (Lipinski definition) is 0.